The molecule has 0 heterocycles. The molecule has 0 saturated carbocycles. The molecule has 19 heavy (non-hydrogen) atoms. The Balaban J connectivity index is 2.78. The molecule has 0 amide bonds. The molecular weight excluding hydrogens is 289 g/mol. The first-order chi connectivity index (χ1) is 8.69. The highest BCUT2D eigenvalue weighted by atomic mass is 35.5. The Bertz CT molecular complexity index is 531. The van der Waals surface area contributed by atoms with Crippen LogP contribution in [0, 0.1) is 5.82 Å². The molecule has 0 aliphatic heterocycles. The quantitative estimate of drug-likeness (QED) is 0.811. The van der Waals surface area contributed by atoms with Crippen LogP contribution in [-0.2, 0) is 16.4 Å². The fourth-order valence-electron chi connectivity index (χ4n) is 1.67. The van der Waals surface area contributed by atoms with Crippen molar-refractivity contribution in [1.29, 1.82) is 0 Å². The lowest BCUT2D eigenvalue weighted by molar-refractivity contribution is 0.223. The van der Waals surface area contributed by atoms with Crippen molar-refractivity contribution in [3.63, 3.8) is 0 Å². The van der Waals surface area contributed by atoms with Gasteiger partial charge in [-0.1, -0.05) is 17.7 Å². The average Bonchev–Trinajstić information content (AvgIpc) is 2.24. The van der Waals surface area contributed by atoms with Gasteiger partial charge in [0.15, 0.2) is 0 Å². The third-order valence-electron chi connectivity index (χ3n) is 2.87. The van der Waals surface area contributed by atoms with Crippen LogP contribution < -0.4 is 0 Å². The fraction of sp³-hybridized carbons (Fsp3) is 0.538. The van der Waals surface area contributed by atoms with Crippen molar-refractivity contribution in [2.45, 2.75) is 26.4 Å². The van der Waals surface area contributed by atoms with Crippen LogP contribution >= 0.6 is 11.6 Å². The van der Waals surface area contributed by atoms with Gasteiger partial charge in [-0.25, -0.2) is 12.8 Å². The lowest BCUT2D eigenvalue weighted by Gasteiger charge is -2.26. The van der Waals surface area contributed by atoms with Crippen LogP contribution in [-0.4, -0.2) is 37.9 Å². The van der Waals surface area contributed by atoms with Gasteiger partial charge >= 0.3 is 0 Å². The molecule has 0 spiro atoms. The number of hydrogen-bond donors (Lipinski definition) is 0. The van der Waals surface area contributed by atoms with Gasteiger partial charge in [-0.3, -0.25) is 4.90 Å². The van der Waals surface area contributed by atoms with Crippen LogP contribution in [0.2, 0.25) is 5.02 Å². The number of halogens is 2. The van der Waals surface area contributed by atoms with Crippen LogP contribution in [0.3, 0.4) is 0 Å². The maximum Gasteiger partial charge on any atom is 0.148 e. The fourth-order valence-corrected chi connectivity index (χ4v) is 2.40. The number of nitrogens with zero attached hydrogens (tertiary/aromatic N) is 1. The zero-order chi connectivity index (χ0) is 14.6. The van der Waals surface area contributed by atoms with E-state index >= 15 is 0 Å². The van der Waals surface area contributed by atoms with Gasteiger partial charge in [0.1, 0.15) is 15.7 Å². The van der Waals surface area contributed by atoms with E-state index in [0.717, 1.165) is 0 Å². The smallest absolute Gasteiger partial charge is 0.148 e. The summed E-state index contributed by atoms with van der Waals surface area (Å²) in [7, 11) is -3.02. The molecule has 0 fully saturated rings. The number of sulfone groups is 1. The van der Waals surface area contributed by atoms with Gasteiger partial charge in [-0.05, 0) is 26.0 Å². The van der Waals surface area contributed by atoms with Gasteiger partial charge in [0.25, 0.3) is 0 Å². The molecule has 1 aromatic rings. The topological polar surface area (TPSA) is 37.4 Å². The van der Waals surface area contributed by atoms with Crippen molar-refractivity contribution < 1.29 is 12.8 Å². The lowest BCUT2D eigenvalue weighted by Crippen LogP contribution is -2.34. The molecule has 0 bridgehead atoms. The van der Waals surface area contributed by atoms with Crippen LogP contribution in [0.25, 0.3) is 0 Å². The maximum atomic E-state index is 13.7. The van der Waals surface area contributed by atoms with Gasteiger partial charge in [0.2, 0.25) is 0 Å². The van der Waals surface area contributed by atoms with Gasteiger partial charge < -0.3 is 0 Å². The van der Waals surface area contributed by atoms with Crippen molar-refractivity contribution in [1.82, 2.24) is 4.90 Å². The SMILES string of the molecule is CC(C)N(CCS(C)(=O)=O)Cc1ccc(Cl)cc1F. The molecule has 0 aliphatic carbocycles. The molecular formula is C13H19ClFNO2S. The monoisotopic (exact) mass is 307 g/mol. The molecule has 1 aromatic carbocycles. The van der Waals surface area contributed by atoms with Crippen molar-refractivity contribution >= 4 is 21.4 Å². The number of hydrogen-bond acceptors (Lipinski definition) is 3. The second kappa shape index (κ2) is 6.68. The molecule has 3 nitrogen and oxygen atoms in total. The third kappa shape index (κ3) is 5.89. The van der Waals surface area contributed by atoms with Crippen LogP contribution in [0.1, 0.15) is 19.4 Å². The van der Waals surface area contributed by atoms with Crippen molar-refractivity contribution in [3.05, 3.63) is 34.6 Å². The second-order valence-electron chi connectivity index (χ2n) is 4.93. The summed E-state index contributed by atoms with van der Waals surface area (Å²) in [5.41, 5.74) is 0.520. The van der Waals surface area contributed by atoms with Crippen LogP contribution in [0.5, 0.6) is 0 Å². The van der Waals surface area contributed by atoms with E-state index in [1.807, 2.05) is 18.7 Å². The van der Waals surface area contributed by atoms with Gasteiger partial charge in [0.05, 0.1) is 5.75 Å². The van der Waals surface area contributed by atoms with Crippen molar-refractivity contribution in [2.75, 3.05) is 18.6 Å². The van der Waals surface area contributed by atoms with Gasteiger partial charge in [-0.2, -0.15) is 0 Å². The molecule has 0 N–H and O–H groups in total. The van der Waals surface area contributed by atoms with E-state index in [4.69, 9.17) is 11.6 Å². The first-order valence-corrected chi connectivity index (χ1v) is 8.48. The normalized spacial score (nSPS) is 12.4. The molecule has 0 saturated heterocycles. The van der Waals surface area contributed by atoms with E-state index in [-0.39, 0.29) is 17.6 Å². The Morgan fingerprint density at radius 3 is 2.47 bits per heavy atom. The Morgan fingerprint density at radius 1 is 1.37 bits per heavy atom. The zero-order valence-electron chi connectivity index (χ0n) is 11.4. The predicted octanol–water partition coefficient (Wildman–Crippen LogP) is 2.73. The minimum Gasteiger partial charge on any atom is -0.296 e. The van der Waals surface area contributed by atoms with E-state index in [1.54, 1.807) is 12.1 Å². The van der Waals surface area contributed by atoms with Gasteiger partial charge in [-0.15, -0.1) is 0 Å². The van der Waals surface area contributed by atoms with E-state index in [2.05, 4.69) is 0 Å². The summed E-state index contributed by atoms with van der Waals surface area (Å²) in [5, 5.41) is 0.355. The van der Waals surface area contributed by atoms with E-state index in [9.17, 15) is 12.8 Å². The molecule has 0 atom stereocenters. The van der Waals surface area contributed by atoms with E-state index in [1.165, 1.54) is 12.3 Å². The molecule has 6 heteroatoms. The Morgan fingerprint density at radius 2 is 2.00 bits per heavy atom. The van der Waals surface area contributed by atoms with Crippen LogP contribution in [0.4, 0.5) is 4.39 Å². The highest BCUT2D eigenvalue weighted by molar-refractivity contribution is 7.90. The number of benzene rings is 1. The minimum absolute atomic E-state index is 0.0698. The summed E-state index contributed by atoms with van der Waals surface area (Å²) >= 11 is 5.70. The molecule has 108 valence electrons. The van der Waals surface area contributed by atoms with Crippen LogP contribution in [0.15, 0.2) is 18.2 Å². The second-order valence-corrected chi connectivity index (χ2v) is 7.63. The third-order valence-corrected chi connectivity index (χ3v) is 4.03. The van der Waals surface area contributed by atoms with E-state index < -0.39 is 9.84 Å². The number of rotatable bonds is 6. The first kappa shape index (κ1) is 16.4. The standard InChI is InChI=1S/C13H19ClFNO2S/c1-10(2)16(6-7-19(3,17)18)9-11-4-5-12(14)8-13(11)15/h4-5,8,10H,6-7,9H2,1-3H3. The van der Waals surface area contributed by atoms with E-state index in [0.29, 0.717) is 23.7 Å². The van der Waals surface area contributed by atoms with Crippen molar-refractivity contribution in [3.8, 4) is 0 Å². The van der Waals surface area contributed by atoms with Crippen molar-refractivity contribution in [2.24, 2.45) is 0 Å². The summed E-state index contributed by atoms with van der Waals surface area (Å²) < 4.78 is 36.1. The summed E-state index contributed by atoms with van der Waals surface area (Å²) in [6.45, 7) is 4.67. The first-order valence-electron chi connectivity index (χ1n) is 6.05. The lowest BCUT2D eigenvalue weighted by atomic mass is 10.2. The Hall–Kier alpha value is -0.650. The molecule has 0 radical (unpaired) electrons. The maximum absolute atomic E-state index is 13.7. The molecule has 0 aliphatic rings. The molecule has 1 rings (SSSR count). The molecule has 0 aromatic heterocycles. The minimum atomic E-state index is -3.02. The largest absolute Gasteiger partial charge is 0.296 e. The van der Waals surface area contributed by atoms with Gasteiger partial charge in [0, 0.05) is 36.0 Å². The zero-order valence-corrected chi connectivity index (χ0v) is 12.9. The highest BCUT2D eigenvalue weighted by Gasteiger charge is 2.15. The Labute approximate surface area is 119 Å². The summed E-state index contributed by atoms with van der Waals surface area (Å²) in [6, 6.07) is 4.67. The summed E-state index contributed by atoms with van der Waals surface area (Å²) in [6.07, 6.45) is 1.20. The predicted molar refractivity (Wildman–Crippen MR) is 76.7 cm³/mol. The summed E-state index contributed by atoms with van der Waals surface area (Å²) in [4.78, 5) is 1.92. The molecule has 0 unspecified atom stereocenters. The summed E-state index contributed by atoms with van der Waals surface area (Å²) in [5.74, 6) is -0.294. The Kier molecular flexibility index (Phi) is 5.77. The highest BCUT2D eigenvalue weighted by Crippen LogP contribution is 2.17. The average molecular weight is 308 g/mol.